The molecule has 4 N–H and O–H groups in total. The predicted octanol–water partition coefficient (Wildman–Crippen LogP) is 1.87. The molecule has 1 rings (SSSR count). The number of amides is 2. The van der Waals surface area contributed by atoms with Crippen LogP contribution in [0.5, 0.6) is 0 Å². The van der Waals surface area contributed by atoms with E-state index in [1.807, 2.05) is 0 Å². The van der Waals surface area contributed by atoms with Crippen molar-refractivity contribution in [3.8, 4) is 0 Å². The number of carboxylic acid groups (broad SMARTS) is 1. The highest BCUT2D eigenvalue weighted by molar-refractivity contribution is 6.36. The highest BCUT2D eigenvalue weighted by Gasteiger charge is 2.19. The molecule has 0 heterocycles. The van der Waals surface area contributed by atoms with Crippen LogP contribution in [0.4, 0.5) is 10.5 Å². The number of aliphatic carboxylic acids is 1. The highest BCUT2D eigenvalue weighted by Crippen LogP contribution is 2.28. The molecule has 6 nitrogen and oxygen atoms in total. The van der Waals surface area contributed by atoms with E-state index in [9.17, 15) is 9.59 Å². The Hall–Kier alpha value is -1.50. The van der Waals surface area contributed by atoms with E-state index in [2.05, 4.69) is 10.6 Å². The summed E-state index contributed by atoms with van der Waals surface area (Å²) in [5.41, 5.74) is 0.994. The maximum Gasteiger partial charge on any atom is 0.328 e. The summed E-state index contributed by atoms with van der Waals surface area (Å²) in [6.07, 6.45) is 0. The van der Waals surface area contributed by atoms with Gasteiger partial charge in [-0.05, 0) is 24.6 Å². The molecule has 0 aliphatic rings. The Bertz CT molecular complexity index is 508. The van der Waals surface area contributed by atoms with Gasteiger partial charge in [-0.15, -0.1) is 0 Å². The summed E-state index contributed by atoms with van der Waals surface area (Å²) < 4.78 is 0. The first-order chi connectivity index (χ1) is 8.85. The second-order valence-corrected chi connectivity index (χ2v) is 4.57. The van der Waals surface area contributed by atoms with Gasteiger partial charge >= 0.3 is 12.0 Å². The molecule has 0 saturated heterocycles. The number of urea groups is 1. The number of aryl methyl sites for hydroxylation is 1. The highest BCUT2D eigenvalue weighted by atomic mass is 35.5. The van der Waals surface area contributed by atoms with Gasteiger partial charge in [0.2, 0.25) is 0 Å². The van der Waals surface area contributed by atoms with E-state index in [4.69, 9.17) is 33.4 Å². The third-order valence-electron chi connectivity index (χ3n) is 2.28. The van der Waals surface area contributed by atoms with Crippen LogP contribution in [-0.4, -0.2) is 34.9 Å². The van der Waals surface area contributed by atoms with Crippen molar-refractivity contribution in [2.45, 2.75) is 13.0 Å². The zero-order chi connectivity index (χ0) is 14.6. The first-order valence-electron chi connectivity index (χ1n) is 5.22. The van der Waals surface area contributed by atoms with Gasteiger partial charge in [0.25, 0.3) is 0 Å². The quantitative estimate of drug-likeness (QED) is 0.682. The molecule has 0 bridgehead atoms. The fraction of sp³-hybridized carbons (Fsp3) is 0.273. The van der Waals surface area contributed by atoms with Gasteiger partial charge in [-0.25, -0.2) is 9.59 Å². The number of hydrogen-bond acceptors (Lipinski definition) is 3. The van der Waals surface area contributed by atoms with Crippen molar-refractivity contribution in [3.05, 3.63) is 27.7 Å². The number of hydrogen-bond donors (Lipinski definition) is 4. The molecule has 1 unspecified atom stereocenters. The van der Waals surface area contributed by atoms with Crippen LogP contribution in [0.25, 0.3) is 0 Å². The molecule has 1 aromatic carbocycles. The van der Waals surface area contributed by atoms with Gasteiger partial charge in [-0.3, -0.25) is 0 Å². The summed E-state index contributed by atoms with van der Waals surface area (Å²) in [6, 6.07) is 0.830. The number of anilines is 1. The zero-order valence-corrected chi connectivity index (χ0v) is 11.4. The topological polar surface area (TPSA) is 98.7 Å². The molecule has 0 fully saturated rings. The monoisotopic (exact) mass is 306 g/mol. The molecule has 2 amide bonds. The van der Waals surface area contributed by atoms with Crippen molar-refractivity contribution in [2.24, 2.45) is 0 Å². The van der Waals surface area contributed by atoms with Crippen LogP contribution in [0.1, 0.15) is 5.56 Å². The largest absolute Gasteiger partial charge is 0.480 e. The number of nitrogens with one attached hydrogen (secondary N) is 2. The lowest BCUT2D eigenvalue weighted by Crippen LogP contribution is -2.45. The van der Waals surface area contributed by atoms with Crippen LogP contribution in [0.2, 0.25) is 10.0 Å². The fourth-order valence-corrected chi connectivity index (χ4v) is 1.67. The maximum atomic E-state index is 11.5. The van der Waals surface area contributed by atoms with E-state index < -0.39 is 24.6 Å². The number of aliphatic hydroxyl groups is 1. The second kappa shape index (κ2) is 6.60. The van der Waals surface area contributed by atoms with Gasteiger partial charge in [0, 0.05) is 5.02 Å². The van der Waals surface area contributed by atoms with Crippen molar-refractivity contribution in [3.63, 3.8) is 0 Å². The van der Waals surface area contributed by atoms with E-state index in [1.54, 1.807) is 13.0 Å². The lowest BCUT2D eigenvalue weighted by atomic mass is 10.2. The summed E-state index contributed by atoms with van der Waals surface area (Å²) in [5.74, 6) is -1.34. The van der Waals surface area contributed by atoms with Crippen molar-refractivity contribution in [1.29, 1.82) is 0 Å². The van der Waals surface area contributed by atoms with Gasteiger partial charge in [0.1, 0.15) is 0 Å². The Labute approximate surface area is 119 Å². The molecule has 0 radical (unpaired) electrons. The Balaban J connectivity index is 2.77. The minimum Gasteiger partial charge on any atom is -0.480 e. The van der Waals surface area contributed by atoms with Crippen LogP contribution in [0.15, 0.2) is 12.1 Å². The first kappa shape index (κ1) is 15.6. The Morgan fingerprint density at radius 2 is 1.95 bits per heavy atom. The molecule has 1 atom stereocenters. The third kappa shape index (κ3) is 4.27. The molecular weight excluding hydrogens is 295 g/mol. The lowest BCUT2D eigenvalue weighted by Gasteiger charge is -2.14. The minimum atomic E-state index is -1.39. The van der Waals surface area contributed by atoms with Gasteiger partial charge in [0.15, 0.2) is 6.04 Å². The van der Waals surface area contributed by atoms with E-state index in [0.29, 0.717) is 5.02 Å². The molecule has 8 heteroatoms. The third-order valence-corrected chi connectivity index (χ3v) is 3.00. The average molecular weight is 307 g/mol. The first-order valence-corrected chi connectivity index (χ1v) is 5.97. The minimum absolute atomic E-state index is 0.247. The molecule has 0 aliphatic heterocycles. The molecular formula is C11H12Cl2N2O4. The van der Waals surface area contributed by atoms with E-state index in [0.717, 1.165) is 5.56 Å². The van der Waals surface area contributed by atoms with E-state index in [1.165, 1.54) is 6.07 Å². The van der Waals surface area contributed by atoms with Crippen LogP contribution in [0.3, 0.4) is 0 Å². The number of carbonyl (C=O) groups is 2. The predicted molar refractivity (Wildman–Crippen MR) is 71.9 cm³/mol. The van der Waals surface area contributed by atoms with Crippen molar-refractivity contribution in [2.75, 3.05) is 11.9 Å². The van der Waals surface area contributed by atoms with Gasteiger partial charge in [-0.1, -0.05) is 23.2 Å². The van der Waals surface area contributed by atoms with Crippen molar-refractivity contribution < 1.29 is 19.8 Å². The average Bonchev–Trinajstić information content (AvgIpc) is 2.32. The summed E-state index contributed by atoms with van der Waals surface area (Å²) in [5, 5.41) is 22.6. The number of aliphatic hydroxyl groups excluding tert-OH is 1. The standard InChI is InChI=1S/C11H12Cl2N2O4/c1-5-2-7(13)8(3-6(5)12)14-11(19)15-9(4-16)10(17)18/h2-3,9,16H,4H2,1H3,(H,17,18)(H2,14,15,19). The van der Waals surface area contributed by atoms with Crippen LogP contribution in [-0.2, 0) is 4.79 Å². The number of halogens is 2. The number of carbonyl (C=O) groups excluding carboxylic acids is 1. The van der Waals surface area contributed by atoms with Crippen molar-refractivity contribution in [1.82, 2.24) is 5.32 Å². The smallest absolute Gasteiger partial charge is 0.328 e. The van der Waals surface area contributed by atoms with E-state index in [-0.39, 0.29) is 10.7 Å². The van der Waals surface area contributed by atoms with Gasteiger partial charge < -0.3 is 20.8 Å². The second-order valence-electron chi connectivity index (χ2n) is 3.75. The van der Waals surface area contributed by atoms with Gasteiger partial charge in [-0.2, -0.15) is 0 Å². The SMILES string of the molecule is Cc1cc(Cl)c(NC(=O)NC(CO)C(=O)O)cc1Cl. The van der Waals surface area contributed by atoms with Crippen LogP contribution < -0.4 is 10.6 Å². The van der Waals surface area contributed by atoms with Gasteiger partial charge in [0.05, 0.1) is 17.3 Å². The van der Waals surface area contributed by atoms with Crippen molar-refractivity contribution >= 4 is 40.9 Å². The zero-order valence-electron chi connectivity index (χ0n) is 9.91. The molecule has 0 spiro atoms. The Kier molecular flexibility index (Phi) is 5.41. The fourth-order valence-electron chi connectivity index (χ4n) is 1.24. The summed E-state index contributed by atoms with van der Waals surface area (Å²) in [6.45, 7) is 1.04. The Morgan fingerprint density at radius 1 is 1.32 bits per heavy atom. The maximum absolute atomic E-state index is 11.5. The van der Waals surface area contributed by atoms with Crippen LogP contribution in [0, 0.1) is 6.92 Å². The Morgan fingerprint density at radius 3 is 2.47 bits per heavy atom. The molecule has 19 heavy (non-hydrogen) atoms. The molecule has 1 aromatic rings. The molecule has 0 aromatic heterocycles. The summed E-state index contributed by atoms with van der Waals surface area (Å²) in [7, 11) is 0. The molecule has 0 saturated carbocycles. The molecule has 0 aliphatic carbocycles. The summed E-state index contributed by atoms with van der Waals surface area (Å²) >= 11 is 11.8. The number of rotatable bonds is 4. The van der Waals surface area contributed by atoms with Crippen LogP contribution >= 0.6 is 23.2 Å². The van der Waals surface area contributed by atoms with E-state index >= 15 is 0 Å². The number of benzene rings is 1. The lowest BCUT2D eigenvalue weighted by molar-refractivity contribution is -0.140. The normalized spacial score (nSPS) is 11.8. The molecule has 104 valence electrons. The number of carboxylic acids is 1. The summed E-state index contributed by atoms with van der Waals surface area (Å²) in [4.78, 5) is 22.2.